The lowest BCUT2D eigenvalue weighted by Crippen LogP contribution is -2.49. The van der Waals surface area contributed by atoms with Crippen LogP contribution in [0.3, 0.4) is 0 Å². The minimum absolute atomic E-state index is 0.0395. The molecule has 0 saturated carbocycles. The first-order chi connectivity index (χ1) is 7.27. The number of halogens is 1. The molecular formula is C11H22FNO2. The van der Waals surface area contributed by atoms with Crippen LogP contribution in [0, 0.1) is 0 Å². The van der Waals surface area contributed by atoms with Gasteiger partial charge in [0.25, 0.3) is 0 Å². The molecule has 0 aromatic carbocycles. The summed E-state index contributed by atoms with van der Waals surface area (Å²) < 4.78 is 17.3. The summed E-state index contributed by atoms with van der Waals surface area (Å²) in [4.78, 5) is 2.32. The molecule has 1 aliphatic heterocycles. The Bertz CT molecular complexity index is 169. The Morgan fingerprint density at radius 1 is 1.40 bits per heavy atom. The minimum atomic E-state index is -0.210. The summed E-state index contributed by atoms with van der Waals surface area (Å²) in [7, 11) is 0. The predicted molar refractivity (Wildman–Crippen MR) is 57.7 cm³/mol. The van der Waals surface area contributed by atoms with E-state index in [2.05, 4.69) is 11.8 Å². The lowest BCUT2D eigenvalue weighted by molar-refractivity contribution is -0.0779. The molecule has 1 rings (SSSR count). The fourth-order valence-electron chi connectivity index (χ4n) is 1.88. The highest BCUT2D eigenvalue weighted by molar-refractivity contribution is 4.76. The highest BCUT2D eigenvalue weighted by Gasteiger charge is 2.24. The van der Waals surface area contributed by atoms with Crippen molar-refractivity contribution in [2.24, 2.45) is 0 Å². The summed E-state index contributed by atoms with van der Waals surface area (Å²) in [5, 5.41) is 9.00. The zero-order valence-electron chi connectivity index (χ0n) is 9.49. The second kappa shape index (κ2) is 7.14. The summed E-state index contributed by atoms with van der Waals surface area (Å²) in [5.41, 5.74) is 0. The number of rotatable bonds is 6. The lowest BCUT2D eigenvalue weighted by atomic mass is 10.1. The van der Waals surface area contributed by atoms with Crippen LogP contribution in [0.15, 0.2) is 0 Å². The molecular weight excluding hydrogens is 197 g/mol. The smallest absolute Gasteiger partial charge is 0.0933 e. The molecule has 0 amide bonds. The van der Waals surface area contributed by atoms with Crippen molar-refractivity contribution in [1.82, 2.24) is 4.90 Å². The van der Waals surface area contributed by atoms with Crippen LogP contribution in [0.2, 0.25) is 0 Å². The monoisotopic (exact) mass is 219 g/mol. The molecule has 15 heavy (non-hydrogen) atoms. The number of aliphatic hydroxyl groups is 1. The molecule has 1 fully saturated rings. The Morgan fingerprint density at radius 2 is 2.20 bits per heavy atom. The third-order valence-electron chi connectivity index (χ3n) is 2.92. The quantitative estimate of drug-likeness (QED) is 0.682. The summed E-state index contributed by atoms with van der Waals surface area (Å²) in [5.74, 6) is 0. The summed E-state index contributed by atoms with van der Waals surface area (Å²) in [6, 6.07) is 0.415. The fourth-order valence-corrected chi connectivity index (χ4v) is 1.88. The fraction of sp³-hybridized carbons (Fsp3) is 1.00. The molecule has 0 spiro atoms. The second-order valence-corrected chi connectivity index (χ2v) is 4.23. The van der Waals surface area contributed by atoms with E-state index in [9.17, 15) is 4.39 Å². The van der Waals surface area contributed by atoms with Gasteiger partial charge in [0, 0.05) is 12.6 Å². The number of unbranched alkanes of at least 4 members (excludes halogenated alkanes) is 2. The molecule has 1 aliphatic rings. The summed E-state index contributed by atoms with van der Waals surface area (Å²) >= 11 is 0. The van der Waals surface area contributed by atoms with Gasteiger partial charge in [-0.25, -0.2) is 0 Å². The first-order valence-corrected chi connectivity index (χ1v) is 5.80. The zero-order valence-corrected chi connectivity index (χ0v) is 9.49. The number of alkyl halides is 1. The van der Waals surface area contributed by atoms with Crippen molar-refractivity contribution in [2.75, 3.05) is 33.0 Å². The number of hydrogen-bond acceptors (Lipinski definition) is 3. The number of hydrogen-bond donors (Lipinski definition) is 1. The highest BCUT2D eigenvalue weighted by Crippen LogP contribution is 2.12. The maximum atomic E-state index is 11.9. The molecule has 0 radical (unpaired) electrons. The Labute approximate surface area is 91.2 Å². The molecule has 1 N–H and O–H groups in total. The SMILES string of the molecule is C[C@@H]1CO[C@H](CO)CN1CCCCCF. The summed E-state index contributed by atoms with van der Waals surface area (Å²) in [6.07, 6.45) is 2.61. The molecule has 4 heteroatoms. The average Bonchev–Trinajstić information content (AvgIpc) is 2.26. The zero-order chi connectivity index (χ0) is 11.1. The van der Waals surface area contributed by atoms with Crippen molar-refractivity contribution in [1.29, 1.82) is 0 Å². The van der Waals surface area contributed by atoms with Crippen LogP contribution in [-0.2, 0) is 4.74 Å². The van der Waals surface area contributed by atoms with Gasteiger partial charge in [0.15, 0.2) is 0 Å². The molecule has 1 heterocycles. The normalized spacial score (nSPS) is 28.2. The van der Waals surface area contributed by atoms with Crippen LogP contribution in [0.4, 0.5) is 4.39 Å². The van der Waals surface area contributed by atoms with Crippen molar-refractivity contribution >= 4 is 0 Å². The second-order valence-electron chi connectivity index (χ2n) is 4.23. The lowest BCUT2D eigenvalue weighted by Gasteiger charge is -2.37. The molecule has 90 valence electrons. The van der Waals surface area contributed by atoms with Crippen molar-refractivity contribution < 1.29 is 14.2 Å². The number of morpholine rings is 1. The Kier molecular flexibility index (Phi) is 6.13. The van der Waals surface area contributed by atoms with Crippen LogP contribution in [0.25, 0.3) is 0 Å². The van der Waals surface area contributed by atoms with Gasteiger partial charge in [-0.3, -0.25) is 9.29 Å². The highest BCUT2D eigenvalue weighted by atomic mass is 19.1. The standard InChI is InChI=1S/C11H22FNO2/c1-10-9-15-11(8-14)7-13(10)6-4-2-3-5-12/h10-11,14H,2-9H2,1H3/t10-,11+/m1/s1. The van der Waals surface area contributed by atoms with E-state index in [1.165, 1.54) is 0 Å². The molecule has 0 unspecified atom stereocenters. The van der Waals surface area contributed by atoms with E-state index in [0.717, 1.165) is 25.9 Å². The van der Waals surface area contributed by atoms with Crippen LogP contribution >= 0.6 is 0 Å². The number of ether oxygens (including phenoxy) is 1. The average molecular weight is 219 g/mol. The third-order valence-corrected chi connectivity index (χ3v) is 2.92. The van der Waals surface area contributed by atoms with Gasteiger partial charge in [-0.1, -0.05) is 0 Å². The number of nitrogens with zero attached hydrogens (tertiary/aromatic N) is 1. The Morgan fingerprint density at radius 3 is 2.87 bits per heavy atom. The first-order valence-electron chi connectivity index (χ1n) is 5.80. The van der Waals surface area contributed by atoms with E-state index >= 15 is 0 Å². The molecule has 3 nitrogen and oxygen atoms in total. The van der Waals surface area contributed by atoms with E-state index < -0.39 is 0 Å². The van der Waals surface area contributed by atoms with E-state index in [1.807, 2.05) is 0 Å². The van der Waals surface area contributed by atoms with Gasteiger partial charge in [0.05, 0.1) is 26.0 Å². The van der Waals surface area contributed by atoms with Gasteiger partial charge in [-0.15, -0.1) is 0 Å². The molecule has 1 saturated heterocycles. The minimum Gasteiger partial charge on any atom is -0.394 e. The Hall–Kier alpha value is -0.190. The first kappa shape index (κ1) is 12.9. The maximum absolute atomic E-state index is 11.9. The topological polar surface area (TPSA) is 32.7 Å². The van der Waals surface area contributed by atoms with Crippen molar-refractivity contribution in [3.05, 3.63) is 0 Å². The van der Waals surface area contributed by atoms with Crippen molar-refractivity contribution in [2.45, 2.75) is 38.3 Å². The van der Waals surface area contributed by atoms with Gasteiger partial charge in [-0.05, 0) is 32.7 Å². The largest absolute Gasteiger partial charge is 0.394 e. The molecule has 0 aromatic heterocycles. The van der Waals surface area contributed by atoms with Crippen molar-refractivity contribution in [3.63, 3.8) is 0 Å². The van der Waals surface area contributed by atoms with Crippen molar-refractivity contribution in [3.8, 4) is 0 Å². The van der Waals surface area contributed by atoms with Gasteiger partial charge < -0.3 is 9.84 Å². The van der Waals surface area contributed by atoms with E-state index in [-0.39, 0.29) is 19.4 Å². The van der Waals surface area contributed by atoms with E-state index in [4.69, 9.17) is 9.84 Å². The molecule has 0 aromatic rings. The van der Waals surface area contributed by atoms with Crippen LogP contribution < -0.4 is 0 Å². The third kappa shape index (κ3) is 4.45. The van der Waals surface area contributed by atoms with Gasteiger partial charge >= 0.3 is 0 Å². The van der Waals surface area contributed by atoms with Gasteiger partial charge in [0.1, 0.15) is 0 Å². The molecule has 0 bridgehead atoms. The van der Waals surface area contributed by atoms with E-state index in [0.29, 0.717) is 19.1 Å². The Balaban J connectivity index is 2.19. The predicted octanol–water partition coefficient (Wildman–Crippen LogP) is 1.21. The number of aliphatic hydroxyl groups excluding tert-OH is 1. The van der Waals surface area contributed by atoms with Gasteiger partial charge in [-0.2, -0.15) is 0 Å². The summed E-state index contributed by atoms with van der Waals surface area (Å²) in [6.45, 7) is 4.48. The van der Waals surface area contributed by atoms with E-state index in [1.54, 1.807) is 0 Å². The molecule has 0 aliphatic carbocycles. The van der Waals surface area contributed by atoms with Crippen LogP contribution in [0.1, 0.15) is 26.2 Å². The maximum Gasteiger partial charge on any atom is 0.0933 e. The molecule has 2 atom stereocenters. The van der Waals surface area contributed by atoms with Crippen LogP contribution in [-0.4, -0.2) is 55.1 Å². The van der Waals surface area contributed by atoms with Gasteiger partial charge in [0.2, 0.25) is 0 Å². The van der Waals surface area contributed by atoms with Crippen LogP contribution in [0.5, 0.6) is 0 Å².